The Morgan fingerprint density at radius 3 is 2.83 bits per heavy atom. The van der Waals surface area contributed by atoms with Gasteiger partial charge in [0.2, 0.25) is 0 Å². The number of carbonyl (C=O) groups excluding carboxylic acids is 1. The Balaban J connectivity index is 1.71. The molecule has 1 aliphatic heterocycles. The Hall–Kier alpha value is -2.13. The average molecular weight is 350 g/mol. The summed E-state index contributed by atoms with van der Waals surface area (Å²) < 4.78 is 27.5. The van der Waals surface area contributed by atoms with Crippen LogP contribution >= 0.6 is 11.8 Å². The number of hydrogen-bond donors (Lipinski definition) is 0. The first-order chi connectivity index (χ1) is 11.1. The Labute approximate surface area is 138 Å². The summed E-state index contributed by atoms with van der Waals surface area (Å²) in [5.74, 6) is -0.0804. The molecule has 0 unspecified atom stereocenters. The predicted molar refractivity (Wildman–Crippen MR) is 85.6 cm³/mol. The topological polar surface area (TPSA) is 85.2 Å². The SMILES string of the molecule is C=CCn1cnnc1SCCN1C(=O)c2ccccc2S1(=O)=O. The number of carbonyl (C=O) groups is 1. The number of fused-ring (bicyclic) bond motifs is 1. The van der Waals surface area contributed by atoms with Crippen molar-refractivity contribution in [2.24, 2.45) is 0 Å². The van der Waals surface area contributed by atoms with Crippen molar-refractivity contribution >= 4 is 27.7 Å². The number of aromatic nitrogens is 3. The van der Waals surface area contributed by atoms with Crippen LogP contribution in [0, 0.1) is 0 Å². The Kier molecular flexibility index (Phi) is 4.22. The second-order valence-corrected chi connectivity index (χ2v) is 7.67. The molecule has 0 atom stereocenters. The van der Waals surface area contributed by atoms with Crippen molar-refractivity contribution in [2.45, 2.75) is 16.6 Å². The minimum absolute atomic E-state index is 0.0739. The van der Waals surface area contributed by atoms with E-state index in [0.717, 1.165) is 4.31 Å². The van der Waals surface area contributed by atoms with E-state index in [1.54, 1.807) is 29.1 Å². The van der Waals surface area contributed by atoms with E-state index in [2.05, 4.69) is 16.8 Å². The Morgan fingerprint density at radius 1 is 1.30 bits per heavy atom. The number of thioether (sulfide) groups is 1. The third-order valence-electron chi connectivity index (χ3n) is 3.34. The van der Waals surface area contributed by atoms with Gasteiger partial charge in [0.25, 0.3) is 15.9 Å². The Morgan fingerprint density at radius 2 is 2.09 bits per heavy atom. The van der Waals surface area contributed by atoms with Crippen molar-refractivity contribution in [2.75, 3.05) is 12.3 Å². The van der Waals surface area contributed by atoms with Crippen molar-refractivity contribution in [1.29, 1.82) is 0 Å². The molecule has 0 aliphatic carbocycles. The lowest BCUT2D eigenvalue weighted by Crippen LogP contribution is -2.32. The van der Waals surface area contributed by atoms with Crippen LogP contribution in [0.15, 0.2) is 53.3 Å². The molecule has 9 heteroatoms. The van der Waals surface area contributed by atoms with Crippen LogP contribution in [0.3, 0.4) is 0 Å². The lowest BCUT2D eigenvalue weighted by atomic mass is 10.2. The molecular formula is C14H14N4O3S2. The van der Waals surface area contributed by atoms with E-state index in [0.29, 0.717) is 17.5 Å². The molecular weight excluding hydrogens is 336 g/mol. The molecule has 0 bridgehead atoms. The maximum absolute atomic E-state index is 12.4. The summed E-state index contributed by atoms with van der Waals surface area (Å²) >= 11 is 1.35. The molecule has 120 valence electrons. The van der Waals surface area contributed by atoms with E-state index in [1.807, 2.05) is 0 Å². The zero-order chi connectivity index (χ0) is 16.4. The summed E-state index contributed by atoms with van der Waals surface area (Å²) in [5, 5.41) is 8.44. The van der Waals surface area contributed by atoms with E-state index in [-0.39, 0.29) is 17.0 Å². The highest BCUT2D eigenvalue weighted by atomic mass is 32.2. The summed E-state index contributed by atoms with van der Waals surface area (Å²) in [6, 6.07) is 6.25. The molecule has 1 aromatic carbocycles. The van der Waals surface area contributed by atoms with Gasteiger partial charge in [0.15, 0.2) is 5.16 Å². The van der Waals surface area contributed by atoms with Gasteiger partial charge in [0.05, 0.1) is 5.56 Å². The monoisotopic (exact) mass is 350 g/mol. The number of amides is 1. The van der Waals surface area contributed by atoms with Gasteiger partial charge in [-0.25, -0.2) is 12.7 Å². The molecule has 0 N–H and O–H groups in total. The lowest BCUT2D eigenvalue weighted by molar-refractivity contribution is 0.0876. The molecule has 0 saturated carbocycles. The van der Waals surface area contributed by atoms with Crippen LogP contribution < -0.4 is 0 Å². The normalized spacial score (nSPS) is 15.7. The van der Waals surface area contributed by atoms with Gasteiger partial charge in [-0.3, -0.25) is 4.79 Å². The van der Waals surface area contributed by atoms with Crippen LogP contribution in [0.5, 0.6) is 0 Å². The van der Waals surface area contributed by atoms with Crippen molar-refractivity contribution in [3.05, 3.63) is 48.8 Å². The van der Waals surface area contributed by atoms with Crippen LogP contribution in [-0.4, -0.2) is 45.7 Å². The number of sulfonamides is 1. The second-order valence-electron chi connectivity index (χ2n) is 4.78. The maximum atomic E-state index is 12.4. The zero-order valence-corrected chi connectivity index (χ0v) is 13.8. The number of benzene rings is 1. The van der Waals surface area contributed by atoms with E-state index in [1.165, 1.54) is 23.9 Å². The summed E-state index contributed by atoms with van der Waals surface area (Å²) in [6.07, 6.45) is 3.30. The second kappa shape index (κ2) is 6.17. The summed E-state index contributed by atoms with van der Waals surface area (Å²) in [5.41, 5.74) is 0.229. The van der Waals surface area contributed by atoms with Gasteiger partial charge in [-0.15, -0.1) is 16.8 Å². The molecule has 1 aromatic heterocycles. The average Bonchev–Trinajstić information content (AvgIpc) is 3.05. The lowest BCUT2D eigenvalue weighted by Gasteiger charge is -2.14. The first kappa shape index (κ1) is 15.8. The third-order valence-corrected chi connectivity index (χ3v) is 6.14. The highest BCUT2D eigenvalue weighted by molar-refractivity contribution is 7.99. The molecule has 2 heterocycles. The van der Waals surface area contributed by atoms with Gasteiger partial charge in [-0.2, -0.15) is 0 Å². The number of hydrogen-bond acceptors (Lipinski definition) is 6. The Bertz CT molecular complexity index is 860. The predicted octanol–water partition coefficient (Wildman–Crippen LogP) is 1.40. The van der Waals surface area contributed by atoms with Crippen LogP contribution in [0.2, 0.25) is 0 Å². The minimum Gasteiger partial charge on any atom is -0.305 e. The molecule has 2 aromatic rings. The highest BCUT2D eigenvalue weighted by Crippen LogP contribution is 2.30. The van der Waals surface area contributed by atoms with E-state index in [4.69, 9.17) is 0 Å². The van der Waals surface area contributed by atoms with Crippen LogP contribution in [0.1, 0.15) is 10.4 Å². The number of rotatable bonds is 6. The number of allylic oxidation sites excluding steroid dienone is 1. The van der Waals surface area contributed by atoms with Crippen molar-refractivity contribution < 1.29 is 13.2 Å². The summed E-state index contributed by atoms with van der Waals surface area (Å²) in [4.78, 5) is 12.3. The molecule has 0 radical (unpaired) electrons. The quantitative estimate of drug-likeness (QED) is 0.578. The minimum atomic E-state index is -3.75. The molecule has 1 amide bonds. The molecule has 0 fully saturated rings. The largest absolute Gasteiger partial charge is 0.305 e. The standard InChI is InChI=1S/C14H14N4O3S2/c1-2-7-17-10-15-16-14(17)22-9-8-18-13(19)11-5-3-4-6-12(11)23(18,20)21/h2-6,10H,1,7-9H2. The summed E-state index contributed by atoms with van der Waals surface area (Å²) in [6.45, 7) is 4.31. The van der Waals surface area contributed by atoms with Crippen LogP contribution in [-0.2, 0) is 16.6 Å². The molecule has 0 saturated heterocycles. The highest BCUT2D eigenvalue weighted by Gasteiger charge is 2.40. The van der Waals surface area contributed by atoms with E-state index < -0.39 is 15.9 Å². The van der Waals surface area contributed by atoms with Gasteiger partial charge in [-0.05, 0) is 12.1 Å². The zero-order valence-electron chi connectivity index (χ0n) is 12.1. The molecule has 1 aliphatic rings. The van der Waals surface area contributed by atoms with Crippen molar-refractivity contribution in [1.82, 2.24) is 19.1 Å². The summed E-state index contributed by atoms with van der Waals surface area (Å²) in [7, 11) is -3.75. The van der Waals surface area contributed by atoms with Gasteiger partial charge >= 0.3 is 0 Å². The van der Waals surface area contributed by atoms with E-state index in [9.17, 15) is 13.2 Å². The van der Waals surface area contributed by atoms with Crippen molar-refractivity contribution in [3.8, 4) is 0 Å². The smallest absolute Gasteiger partial charge is 0.269 e. The van der Waals surface area contributed by atoms with E-state index >= 15 is 0 Å². The van der Waals surface area contributed by atoms with Gasteiger partial charge < -0.3 is 4.57 Å². The first-order valence-electron chi connectivity index (χ1n) is 6.83. The maximum Gasteiger partial charge on any atom is 0.269 e. The van der Waals surface area contributed by atoms with Gasteiger partial charge in [0.1, 0.15) is 11.2 Å². The third kappa shape index (κ3) is 2.77. The number of nitrogens with zero attached hydrogens (tertiary/aromatic N) is 4. The molecule has 3 rings (SSSR count). The van der Waals surface area contributed by atoms with Crippen LogP contribution in [0.4, 0.5) is 0 Å². The fourth-order valence-corrected chi connectivity index (χ4v) is 4.83. The van der Waals surface area contributed by atoms with Gasteiger partial charge in [0, 0.05) is 18.8 Å². The fraction of sp³-hybridized carbons (Fsp3) is 0.214. The van der Waals surface area contributed by atoms with Crippen molar-refractivity contribution in [3.63, 3.8) is 0 Å². The fourth-order valence-electron chi connectivity index (χ4n) is 2.29. The molecule has 7 nitrogen and oxygen atoms in total. The van der Waals surface area contributed by atoms with Gasteiger partial charge in [-0.1, -0.05) is 30.0 Å². The molecule has 23 heavy (non-hydrogen) atoms. The molecule has 0 spiro atoms. The van der Waals surface area contributed by atoms with Crippen LogP contribution in [0.25, 0.3) is 0 Å². The first-order valence-corrected chi connectivity index (χ1v) is 9.26.